The zero-order valence-corrected chi connectivity index (χ0v) is 43.8. The first-order chi connectivity index (χ1) is 39.7. The average Bonchev–Trinajstić information content (AvgIpc) is 3.94. The van der Waals surface area contributed by atoms with E-state index in [0.717, 1.165) is 67.2 Å². The lowest BCUT2D eigenvalue weighted by Crippen LogP contribution is -2.62. The molecule has 0 fully saturated rings. The highest BCUT2D eigenvalue weighted by Crippen LogP contribution is 2.46. The summed E-state index contributed by atoms with van der Waals surface area (Å²) in [5, 5.41) is 13.3. The summed E-state index contributed by atoms with van der Waals surface area (Å²) in [6.45, 7) is 0.858. The molecule has 6 heteroatoms. The summed E-state index contributed by atoms with van der Waals surface area (Å²) in [7, 11) is 0. The van der Waals surface area contributed by atoms with E-state index in [9.17, 15) is 5.26 Å². The summed E-state index contributed by atoms with van der Waals surface area (Å²) in [6, 6.07) is 99.5. The van der Waals surface area contributed by atoms with E-state index in [1.165, 1.54) is 66.2 Å². The van der Waals surface area contributed by atoms with Crippen LogP contribution < -0.4 is 26.2 Å². The van der Waals surface area contributed by atoms with Gasteiger partial charge in [0, 0.05) is 59.0 Å². The van der Waals surface area contributed by atoms with E-state index in [0.29, 0.717) is 18.7 Å². The van der Waals surface area contributed by atoms with Crippen molar-refractivity contribution in [1.29, 1.82) is 5.26 Å². The fourth-order valence-electron chi connectivity index (χ4n) is 13.0. The van der Waals surface area contributed by atoms with Crippen LogP contribution >= 0.6 is 0 Å². The van der Waals surface area contributed by atoms with Gasteiger partial charge in [-0.1, -0.05) is 212 Å². The van der Waals surface area contributed by atoms with Gasteiger partial charge in [0.25, 0.3) is 6.71 Å². The van der Waals surface area contributed by atoms with Crippen LogP contribution in [0.3, 0.4) is 0 Å². The number of nitriles is 1. The lowest BCUT2D eigenvalue weighted by molar-refractivity contribution is 0.961. The van der Waals surface area contributed by atoms with Gasteiger partial charge < -0.3 is 14.4 Å². The van der Waals surface area contributed by atoms with Crippen molar-refractivity contribution < 1.29 is 0 Å². The Labute approximate surface area is 466 Å². The van der Waals surface area contributed by atoms with Crippen LogP contribution in [0.15, 0.2) is 279 Å². The van der Waals surface area contributed by atoms with E-state index in [2.05, 4.69) is 280 Å². The molecule has 2 aromatic heterocycles. The number of rotatable bonds is 10. The van der Waals surface area contributed by atoms with Crippen LogP contribution in [0, 0.1) is 11.3 Å². The monoisotopic (exact) mass is 1020 g/mol. The van der Waals surface area contributed by atoms with E-state index in [1.54, 1.807) is 0 Å². The second-order valence-electron chi connectivity index (χ2n) is 20.9. The SMILES string of the molecule is N#Cc1ccc2c(c1)B1c3cc(-c4cccnc4)ccc3N(Cc3c(-c4ccccc4)cccc3-c3ccccc3)c3cc(-n4c5ccccc5c5ccccc54)cc(c31)N2Cc1c(-c2ccccc2)cccc1-c1ccccc1. The van der Waals surface area contributed by atoms with Crippen molar-refractivity contribution >= 4 is 67.7 Å². The molecular formula is C74H50BN5. The van der Waals surface area contributed by atoms with E-state index >= 15 is 0 Å². The first-order valence-corrected chi connectivity index (χ1v) is 27.4. The van der Waals surface area contributed by atoms with Gasteiger partial charge in [-0.25, -0.2) is 0 Å². The first kappa shape index (κ1) is 46.8. The molecule has 13 aromatic rings. The number of hydrogen-bond acceptors (Lipinski definition) is 4. The maximum absolute atomic E-state index is 10.9. The maximum atomic E-state index is 10.9. The minimum Gasteiger partial charge on any atom is -0.338 e. The van der Waals surface area contributed by atoms with Crippen LogP contribution in [-0.2, 0) is 13.1 Å². The quantitative estimate of drug-likeness (QED) is 0.128. The van der Waals surface area contributed by atoms with Crippen molar-refractivity contribution in [3.05, 3.63) is 296 Å². The molecule has 374 valence electrons. The third-order valence-electron chi connectivity index (χ3n) is 16.5. The smallest absolute Gasteiger partial charge is 0.252 e. The van der Waals surface area contributed by atoms with Crippen LogP contribution in [0.4, 0.5) is 22.7 Å². The number of nitrogens with zero attached hydrogens (tertiary/aromatic N) is 5. The van der Waals surface area contributed by atoms with Crippen molar-refractivity contribution in [1.82, 2.24) is 9.55 Å². The van der Waals surface area contributed by atoms with Crippen molar-refractivity contribution in [3.8, 4) is 67.4 Å². The van der Waals surface area contributed by atoms with E-state index in [4.69, 9.17) is 0 Å². The van der Waals surface area contributed by atoms with Gasteiger partial charge in [-0.15, -0.1) is 0 Å². The van der Waals surface area contributed by atoms with Gasteiger partial charge in [0.1, 0.15) is 0 Å². The minimum absolute atomic E-state index is 0.245. The molecule has 0 N–H and O–H groups in total. The Morgan fingerprint density at radius 3 is 1.27 bits per heavy atom. The molecule has 0 unspecified atom stereocenters. The molecule has 15 rings (SSSR count). The Kier molecular flexibility index (Phi) is 11.4. The van der Waals surface area contributed by atoms with Gasteiger partial charge in [-0.05, 0) is 138 Å². The van der Waals surface area contributed by atoms with Crippen LogP contribution in [0.1, 0.15) is 16.7 Å². The lowest BCUT2D eigenvalue weighted by atomic mass is 9.33. The van der Waals surface area contributed by atoms with Crippen LogP contribution in [0.25, 0.3) is 83.1 Å². The molecule has 80 heavy (non-hydrogen) atoms. The molecule has 5 nitrogen and oxygen atoms in total. The van der Waals surface area contributed by atoms with Crippen LogP contribution in [0.2, 0.25) is 0 Å². The highest BCUT2D eigenvalue weighted by Gasteiger charge is 2.44. The first-order valence-electron chi connectivity index (χ1n) is 27.4. The minimum atomic E-state index is -0.245. The summed E-state index contributed by atoms with van der Waals surface area (Å²) in [6.07, 6.45) is 3.80. The van der Waals surface area contributed by atoms with Crippen molar-refractivity contribution in [2.45, 2.75) is 13.1 Å². The Hall–Kier alpha value is -10.5. The van der Waals surface area contributed by atoms with Crippen molar-refractivity contribution in [3.63, 3.8) is 0 Å². The molecule has 0 saturated carbocycles. The molecule has 0 atom stereocenters. The van der Waals surface area contributed by atoms with Gasteiger partial charge in [0.15, 0.2) is 0 Å². The van der Waals surface area contributed by atoms with Crippen LogP contribution in [0.5, 0.6) is 0 Å². The topological polar surface area (TPSA) is 48.1 Å². The second-order valence-corrected chi connectivity index (χ2v) is 20.9. The molecule has 11 aromatic carbocycles. The third kappa shape index (κ3) is 7.82. The normalized spacial score (nSPS) is 12.3. The van der Waals surface area contributed by atoms with E-state index in [-0.39, 0.29) is 6.71 Å². The number of pyridine rings is 1. The van der Waals surface area contributed by atoms with Gasteiger partial charge in [-0.2, -0.15) is 5.26 Å². The fourth-order valence-corrected chi connectivity index (χ4v) is 13.0. The average molecular weight is 1020 g/mol. The highest BCUT2D eigenvalue weighted by atomic mass is 15.2. The number of para-hydroxylation sites is 2. The molecular weight excluding hydrogens is 970 g/mol. The summed E-state index contributed by atoms with van der Waals surface area (Å²) < 4.78 is 2.47. The number of aromatic nitrogens is 2. The van der Waals surface area contributed by atoms with E-state index in [1.807, 2.05) is 24.5 Å². The zero-order chi connectivity index (χ0) is 53.1. The molecule has 0 spiro atoms. The fraction of sp³-hybridized carbons (Fsp3) is 0.0270. The summed E-state index contributed by atoms with van der Waals surface area (Å²) in [5.41, 5.74) is 25.8. The number of fused-ring (bicyclic) bond motifs is 7. The molecule has 2 aliphatic rings. The molecule has 2 aliphatic heterocycles. The largest absolute Gasteiger partial charge is 0.338 e. The van der Waals surface area contributed by atoms with Crippen molar-refractivity contribution in [2.24, 2.45) is 0 Å². The van der Waals surface area contributed by atoms with Gasteiger partial charge in [-0.3, -0.25) is 4.98 Å². The number of hydrogen-bond donors (Lipinski definition) is 0. The Morgan fingerprint density at radius 2 is 0.812 bits per heavy atom. The molecule has 0 radical (unpaired) electrons. The summed E-state index contributed by atoms with van der Waals surface area (Å²) in [5.74, 6) is 0. The predicted molar refractivity (Wildman–Crippen MR) is 333 cm³/mol. The molecule has 4 heterocycles. The third-order valence-corrected chi connectivity index (χ3v) is 16.5. The Balaban J connectivity index is 1.07. The molecule has 0 amide bonds. The molecule has 0 saturated heterocycles. The van der Waals surface area contributed by atoms with Crippen molar-refractivity contribution in [2.75, 3.05) is 9.80 Å². The van der Waals surface area contributed by atoms with Crippen LogP contribution in [-0.4, -0.2) is 16.3 Å². The Bertz CT molecular complexity index is 4370. The molecule has 0 bridgehead atoms. The maximum Gasteiger partial charge on any atom is 0.252 e. The Morgan fingerprint density at radius 1 is 0.375 bits per heavy atom. The second kappa shape index (κ2) is 19.5. The zero-order valence-electron chi connectivity index (χ0n) is 43.8. The molecule has 0 aliphatic carbocycles. The summed E-state index contributed by atoms with van der Waals surface area (Å²) >= 11 is 0. The standard InChI is InChI=1S/C74H50BN5/c76-46-50-37-39-70-66(42-50)75-67-43-55(56-28-19-41-77-47-56)38-40-71(67)79(49-65-60(53-24-9-3-10-25-53)33-18-34-61(65)54-26-11-4-12-27-54)73-45-57(80-68-35-15-13-29-62(68)63-30-14-16-36-69(63)80)44-72(74(73)75)78(70)48-64-58(51-20-5-1-6-21-51)31-17-32-59(64)52-22-7-2-8-23-52/h1-45,47H,48-49H2. The number of anilines is 4. The van der Waals surface area contributed by atoms with Gasteiger partial charge in [0.2, 0.25) is 0 Å². The predicted octanol–water partition coefficient (Wildman–Crippen LogP) is 16.2. The summed E-state index contributed by atoms with van der Waals surface area (Å²) in [4.78, 5) is 9.78. The number of benzene rings is 11. The van der Waals surface area contributed by atoms with E-state index < -0.39 is 0 Å². The lowest BCUT2D eigenvalue weighted by Gasteiger charge is -2.45. The van der Waals surface area contributed by atoms with Gasteiger partial charge >= 0.3 is 0 Å². The van der Waals surface area contributed by atoms with Gasteiger partial charge in [0.05, 0.1) is 28.4 Å². The highest BCUT2D eigenvalue weighted by molar-refractivity contribution is 7.00.